The number of nitrogens with zero attached hydrogens (tertiary/aromatic N) is 2. The molecule has 1 aliphatic heterocycles. The van der Waals surface area contributed by atoms with E-state index in [4.69, 9.17) is 11.6 Å². The normalized spacial score (nSPS) is 22.9. The van der Waals surface area contributed by atoms with Crippen molar-refractivity contribution in [1.82, 2.24) is 20.6 Å². The van der Waals surface area contributed by atoms with E-state index in [-0.39, 0.29) is 28.4 Å². The number of aromatic amines is 1. The number of carbonyl (C=O) groups excluding carboxylic acids is 3. The first-order chi connectivity index (χ1) is 15.3. The van der Waals surface area contributed by atoms with E-state index in [2.05, 4.69) is 20.6 Å². The zero-order chi connectivity index (χ0) is 23.0. The topological polar surface area (TPSA) is 107 Å². The van der Waals surface area contributed by atoms with Crippen molar-refractivity contribution >= 4 is 35.0 Å². The van der Waals surface area contributed by atoms with Gasteiger partial charge in [0.1, 0.15) is 11.5 Å². The molecule has 3 amide bonds. The van der Waals surface area contributed by atoms with Gasteiger partial charge in [-0.2, -0.15) is 0 Å². The molecule has 0 unspecified atom stereocenters. The van der Waals surface area contributed by atoms with Crippen LogP contribution < -0.4 is 15.5 Å². The molecule has 1 saturated carbocycles. The van der Waals surface area contributed by atoms with Crippen LogP contribution in [0, 0.1) is 18.2 Å². The van der Waals surface area contributed by atoms with E-state index in [0.29, 0.717) is 49.9 Å². The Morgan fingerprint density at radius 3 is 2.66 bits per heavy atom. The fourth-order valence-corrected chi connectivity index (χ4v) is 4.95. The zero-order valence-electron chi connectivity index (χ0n) is 17.9. The monoisotopic (exact) mass is 461 g/mol. The summed E-state index contributed by atoms with van der Waals surface area (Å²) in [5.74, 6) is -1.22. The fraction of sp³-hybridized carbons (Fsp3) is 0.455. The lowest BCUT2D eigenvalue weighted by molar-refractivity contribution is -0.127. The van der Waals surface area contributed by atoms with Crippen LogP contribution in [0.15, 0.2) is 18.5 Å². The Hall–Kier alpha value is -2.94. The lowest BCUT2D eigenvalue weighted by Gasteiger charge is -2.36. The summed E-state index contributed by atoms with van der Waals surface area (Å²) >= 11 is 6.23. The molecule has 1 aromatic carbocycles. The van der Waals surface area contributed by atoms with E-state index in [9.17, 15) is 18.8 Å². The molecule has 0 bridgehead atoms. The van der Waals surface area contributed by atoms with Crippen molar-refractivity contribution in [2.45, 2.75) is 45.1 Å². The maximum Gasteiger partial charge on any atom is 0.272 e. The minimum absolute atomic E-state index is 0.00406. The fourth-order valence-electron chi connectivity index (χ4n) is 4.70. The van der Waals surface area contributed by atoms with Crippen LogP contribution in [0.4, 0.5) is 10.1 Å². The van der Waals surface area contributed by atoms with E-state index in [1.807, 2.05) is 0 Å². The Labute approximate surface area is 189 Å². The summed E-state index contributed by atoms with van der Waals surface area (Å²) < 4.78 is 13.8. The van der Waals surface area contributed by atoms with Crippen molar-refractivity contribution in [2.24, 2.45) is 5.41 Å². The van der Waals surface area contributed by atoms with Gasteiger partial charge in [0.25, 0.3) is 11.8 Å². The number of carbonyl (C=O) groups is 3. The van der Waals surface area contributed by atoms with Crippen molar-refractivity contribution < 1.29 is 18.8 Å². The summed E-state index contributed by atoms with van der Waals surface area (Å²) in [5, 5.41) is 5.64. The number of hydrogen-bond donors (Lipinski definition) is 3. The molecule has 1 aromatic heterocycles. The number of aryl methyl sites for hydroxylation is 1. The first-order valence-electron chi connectivity index (χ1n) is 10.6. The second-order valence-electron chi connectivity index (χ2n) is 8.49. The number of imidazole rings is 1. The second-order valence-corrected chi connectivity index (χ2v) is 8.90. The predicted octanol–water partition coefficient (Wildman–Crippen LogP) is 2.97. The maximum atomic E-state index is 13.8. The number of rotatable bonds is 4. The lowest BCUT2D eigenvalue weighted by Crippen LogP contribution is -2.44. The number of hydrogen-bond acceptors (Lipinski definition) is 4. The Morgan fingerprint density at radius 1 is 1.25 bits per heavy atom. The summed E-state index contributed by atoms with van der Waals surface area (Å²) in [5.41, 5.74) is 0.661. The molecular weight excluding hydrogens is 437 g/mol. The predicted molar refractivity (Wildman–Crippen MR) is 117 cm³/mol. The molecule has 1 spiro atoms. The lowest BCUT2D eigenvalue weighted by atomic mass is 9.71. The number of H-pyrrole nitrogens is 1. The minimum Gasteiger partial charge on any atom is -0.354 e. The number of benzene rings is 1. The Bertz CT molecular complexity index is 1080. The SMILES string of the molecule is CNC(=O)c1[nH]cnc1C(=O)NC1CCC2(CC1)CCN(c1cc(C)c(F)cc1Cl)C2=O. The van der Waals surface area contributed by atoms with E-state index < -0.39 is 23.0 Å². The Morgan fingerprint density at radius 2 is 1.97 bits per heavy atom. The molecule has 170 valence electrons. The molecule has 10 heteroatoms. The molecule has 2 aliphatic rings. The summed E-state index contributed by atoms with van der Waals surface area (Å²) in [7, 11) is 1.48. The molecule has 2 aromatic rings. The third-order valence-corrected chi connectivity index (χ3v) is 6.92. The van der Waals surface area contributed by atoms with Crippen LogP contribution in [0.2, 0.25) is 5.02 Å². The average molecular weight is 462 g/mol. The molecule has 2 heterocycles. The first kappa shape index (κ1) is 22.3. The number of amides is 3. The third-order valence-electron chi connectivity index (χ3n) is 6.62. The Kier molecular flexibility index (Phi) is 5.94. The van der Waals surface area contributed by atoms with Crippen molar-refractivity contribution in [3.8, 4) is 0 Å². The van der Waals surface area contributed by atoms with Gasteiger partial charge in [0, 0.05) is 19.6 Å². The van der Waals surface area contributed by atoms with Crippen LogP contribution in [-0.4, -0.2) is 47.3 Å². The van der Waals surface area contributed by atoms with Gasteiger partial charge < -0.3 is 20.5 Å². The van der Waals surface area contributed by atoms with Crippen LogP contribution in [0.1, 0.15) is 58.6 Å². The van der Waals surface area contributed by atoms with E-state index in [0.717, 1.165) is 0 Å². The van der Waals surface area contributed by atoms with E-state index >= 15 is 0 Å². The highest BCUT2D eigenvalue weighted by Crippen LogP contribution is 2.47. The van der Waals surface area contributed by atoms with Gasteiger partial charge in [-0.1, -0.05) is 11.6 Å². The zero-order valence-corrected chi connectivity index (χ0v) is 18.7. The van der Waals surface area contributed by atoms with Crippen LogP contribution in [0.25, 0.3) is 0 Å². The van der Waals surface area contributed by atoms with Crippen molar-refractivity contribution in [2.75, 3.05) is 18.5 Å². The standard InChI is InChI=1S/C22H25ClFN5O3/c1-12-9-16(14(23)10-15(12)24)29-8-7-22(21(29)32)5-3-13(4-6-22)28-20(31)18-17(19(30)25-2)26-11-27-18/h9-11,13H,3-8H2,1-2H3,(H,25,30)(H,26,27)(H,28,31). The molecule has 1 saturated heterocycles. The van der Waals surface area contributed by atoms with Gasteiger partial charge in [-0.15, -0.1) is 0 Å². The maximum absolute atomic E-state index is 13.8. The minimum atomic E-state index is -0.494. The first-order valence-corrected chi connectivity index (χ1v) is 11.0. The molecule has 1 aliphatic carbocycles. The number of aromatic nitrogens is 2. The highest BCUT2D eigenvalue weighted by Gasteiger charge is 2.49. The van der Waals surface area contributed by atoms with Gasteiger partial charge in [0.05, 0.1) is 22.5 Å². The summed E-state index contributed by atoms with van der Waals surface area (Å²) in [6, 6.07) is 2.76. The largest absolute Gasteiger partial charge is 0.354 e. The smallest absolute Gasteiger partial charge is 0.272 e. The van der Waals surface area contributed by atoms with Gasteiger partial charge in [-0.25, -0.2) is 9.37 Å². The van der Waals surface area contributed by atoms with Crippen LogP contribution in [0.5, 0.6) is 0 Å². The molecule has 8 nitrogen and oxygen atoms in total. The number of nitrogens with one attached hydrogen (secondary N) is 3. The van der Waals surface area contributed by atoms with E-state index in [1.165, 1.54) is 19.4 Å². The summed E-state index contributed by atoms with van der Waals surface area (Å²) in [6.45, 7) is 2.18. The number of anilines is 1. The van der Waals surface area contributed by atoms with Gasteiger partial charge in [0.2, 0.25) is 5.91 Å². The molecule has 0 radical (unpaired) electrons. The molecule has 3 N–H and O–H groups in total. The molecule has 4 rings (SSSR count). The molecule has 32 heavy (non-hydrogen) atoms. The second kappa shape index (κ2) is 8.54. The quantitative estimate of drug-likeness (QED) is 0.650. The summed E-state index contributed by atoms with van der Waals surface area (Å²) in [6.07, 6.45) is 4.55. The van der Waals surface area contributed by atoms with Gasteiger partial charge in [-0.05, 0) is 56.7 Å². The Balaban J connectivity index is 1.41. The van der Waals surface area contributed by atoms with Crippen LogP contribution in [0.3, 0.4) is 0 Å². The van der Waals surface area contributed by atoms with Crippen molar-refractivity contribution in [3.05, 3.63) is 46.3 Å². The highest BCUT2D eigenvalue weighted by molar-refractivity contribution is 6.34. The van der Waals surface area contributed by atoms with Crippen LogP contribution >= 0.6 is 11.6 Å². The van der Waals surface area contributed by atoms with Crippen LogP contribution in [-0.2, 0) is 4.79 Å². The van der Waals surface area contributed by atoms with Gasteiger partial charge in [0.15, 0.2) is 5.69 Å². The van der Waals surface area contributed by atoms with Gasteiger partial charge >= 0.3 is 0 Å². The third kappa shape index (κ3) is 3.85. The molecule has 2 fully saturated rings. The van der Waals surface area contributed by atoms with Gasteiger partial charge in [-0.3, -0.25) is 14.4 Å². The highest BCUT2D eigenvalue weighted by atomic mass is 35.5. The summed E-state index contributed by atoms with van der Waals surface area (Å²) in [4.78, 5) is 46.1. The van der Waals surface area contributed by atoms with Crippen molar-refractivity contribution in [3.63, 3.8) is 0 Å². The molecular formula is C22H25ClFN5O3. The molecule has 0 atom stereocenters. The number of halogens is 2. The average Bonchev–Trinajstić information content (AvgIpc) is 3.38. The van der Waals surface area contributed by atoms with E-state index in [1.54, 1.807) is 17.9 Å². The van der Waals surface area contributed by atoms with Crippen molar-refractivity contribution in [1.29, 1.82) is 0 Å².